The summed E-state index contributed by atoms with van der Waals surface area (Å²) < 4.78 is 0. The van der Waals surface area contributed by atoms with Crippen molar-refractivity contribution in [1.29, 1.82) is 0 Å². The van der Waals surface area contributed by atoms with Gasteiger partial charge in [-0.05, 0) is 26.4 Å². The van der Waals surface area contributed by atoms with Gasteiger partial charge < -0.3 is 10.6 Å². The van der Waals surface area contributed by atoms with E-state index in [4.69, 9.17) is 0 Å². The zero-order valence-corrected chi connectivity index (χ0v) is 9.46. The van der Waals surface area contributed by atoms with E-state index in [9.17, 15) is 4.79 Å². The van der Waals surface area contributed by atoms with Gasteiger partial charge in [-0.3, -0.25) is 9.69 Å². The van der Waals surface area contributed by atoms with Gasteiger partial charge in [-0.1, -0.05) is 6.08 Å². The van der Waals surface area contributed by atoms with Gasteiger partial charge >= 0.3 is 0 Å². The van der Waals surface area contributed by atoms with Gasteiger partial charge in [-0.15, -0.1) is 6.58 Å². The van der Waals surface area contributed by atoms with Gasteiger partial charge in [0.25, 0.3) is 0 Å². The van der Waals surface area contributed by atoms with E-state index in [0.29, 0.717) is 19.1 Å². The first-order valence-electron chi connectivity index (χ1n) is 5.52. The largest absolute Gasteiger partial charge is 0.352 e. The zero-order chi connectivity index (χ0) is 11.1. The van der Waals surface area contributed by atoms with Crippen molar-refractivity contribution < 1.29 is 4.79 Å². The number of rotatable bonds is 6. The van der Waals surface area contributed by atoms with Crippen LogP contribution in [0.2, 0.25) is 0 Å². The standard InChI is InChI=1S/C11H21N3O/c1-3-6-13-11(15)9-14(2)8-10-5-4-7-12-10/h3,10,12H,1,4-9H2,2H3,(H,13,15). The molecule has 0 radical (unpaired) electrons. The van der Waals surface area contributed by atoms with Gasteiger partial charge in [0.15, 0.2) is 0 Å². The monoisotopic (exact) mass is 211 g/mol. The molecule has 15 heavy (non-hydrogen) atoms. The van der Waals surface area contributed by atoms with E-state index in [1.54, 1.807) is 6.08 Å². The Morgan fingerprint density at radius 1 is 1.73 bits per heavy atom. The molecular formula is C11H21N3O. The molecule has 0 saturated carbocycles. The summed E-state index contributed by atoms with van der Waals surface area (Å²) in [7, 11) is 1.98. The van der Waals surface area contributed by atoms with Crippen LogP contribution in [0.3, 0.4) is 0 Å². The summed E-state index contributed by atoms with van der Waals surface area (Å²) in [6.45, 7) is 6.63. The molecule has 0 aromatic carbocycles. The first kappa shape index (κ1) is 12.2. The second-order valence-electron chi connectivity index (χ2n) is 4.08. The van der Waals surface area contributed by atoms with E-state index in [1.807, 2.05) is 7.05 Å². The maximum Gasteiger partial charge on any atom is 0.234 e. The maximum absolute atomic E-state index is 11.4. The highest BCUT2D eigenvalue weighted by Gasteiger charge is 2.16. The van der Waals surface area contributed by atoms with Gasteiger partial charge in [0.05, 0.1) is 6.54 Å². The van der Waals surface area contributed by atoms with Crippen molar-refractivity contribution in [3.63, 3.8) is 0 Å². The number of nitrogens with one attached hydrogen (secondary N) is 2. The Hall–Kier alpha value is -0.870. The molecule has 1 aliphatic heterocycles. The Balaban J connectivity index is 2.13. The highest BCUT2D eigenvalue weighted by atomic mass is 16.2. The second-order valence-corrected chi connectivity index (χ2v) is 4.08. The third-order valence-electron chi connectivity index (χ3n) is 2.55. The van der Waals surface area contributed by atoms with Crippen molar-refractivity contribution in [1.82, 2.24) is 15.5 Å². The number of carbonyl (C=O) groups excluding carboxylic acids is 1. The lowest BCUT2D eigenvalue weighted by Gasteiger charge is -2.20. The summed E-state index contributed by atoms with van der Waals surface area (Å²) in [5.74, 6) is 0.0652. The minimum Gasteiger partial charge on any atom is -0.352 e. The van der Waals surface area contributed by atoms with E-state index in [1.165, 1.54) is 12.8 Å². The van der Waals surface area contributed by atoms with Crippen molar-refractivity contribution in [3.8, 4) is 0 Å². The fraction of sp³-hybridized carbons (Fsp3) is 0.727. The second kappa shape index (κ2) is 6.58. The molecule has 1 unspecified atom stereocenters. The molecular weight excluding hydrogens is 190 g/mol. The Morgan fingerprint density at radius 3 is 3.13 bits per heavy atom. The molecule has 1 saturated heterocycles. The van der Waals surface area contributed by atoms with Crippen LogP contribution in [-0.2, 0) is 4.79 Å². The van der Waals surface area contributed by atoms with E-state index < -0.39 is 0 Å². The molecule has 1 atom stereocenters. The van der Waals surface area contributed by atoms with Crippen LogP contribution in [0.1, 0.15) is 12.8 Å². The summed E-state index contributed by atoms with van der Waals surface area (Å²) in [6.07, 6.45) is 4.16. The van der Waals surface area contributed by atoms with Crippen LogP contribution in [0.5, 0.6) is 0 Å². The van der Waals surface area contributed by atoms with Gasteiger partial charge in [0.1, 0.15) is 0 Å². The molecule has 0 spiro atoms. The molecule has 0 bridgehead atoms. The molecule has 4 nitrogen and oxygen atoms in total. The third kappa shape index (κ3) is 4.95. The zero-order valence-electron chi connectivity index (χ0n) is 9.46. The maximum atomic E-state index is 11.4. The van der Waals surface area contributed by atoms with E-state index in [-0.39, 0.29) is 5.91 Å². The highest BCUT2D eigenvalue weighted by Crippen LogP contribution is 2.05. The molecule has 2 N–H and O–H groups in total. The number of nitrogens with zero attached hydrogens (tertiary/aromatic N) is 1. The Labute approximate surface area is 91.7 Å². The first-order valence-corrected chi connectivity index (χ1v) is 5.52. The minimum atomic E-state index is 0.0652. The topological polar surface area (TPSA) is 44.4 Å². The summed E-state index contributed by atoms with van der Waals surface area (Å²) in [6, 6.07) is 0.558. The van der Waals surface area contributed by atoms with Gasteiger partial charge in [-0.2, -0.15) is 0 Å². The van der Waals surface area contributed by atoms with Gasteiger partial charge in [0, 0.05) is 19.1 Å². The van der Waals surface area contributed by atoms with Crippen molar-refractivity contribution >= 4 is 5.91 Å². The van der Waals surface area contributed by atoms with E-state index in [2.05, 4.69) is 22.1 Å². The molecule has 1 amide bonds. The molecule has 0 aromatic rings. The van der Waals surface area contributed by atoms with Crippen LogP contribution in [0.4, 0.5) is 0 Å². The average molecular weight is 211 g/mol. The first-order chi connectivity index (χ1) is 7.22. The van der Waals surface area contributed by atoms with Crippen LogP contribution in [-0.4, -0.2) is 50.1 Å². The lowest BCUT2D eigenvalue weighted by atomic mass is 10.2. The molecule has 86 valence electrons. The highest BCUT2D eigenvalue weighted by molar-refractivity contribution is 5.78. The predicted molar refractivity (Wildman–Crippen MR) is 61.7 cm³/mol. The van der Waals surface area contributed by atoms with Crippen molar-refractivity contribution in [2.24, 2.45) is 0 Å². The molecule has 4 heteroatoms. The summed E-state index contributed by atoms with van der Waals surface area (Å²) in [5, 5.41) is 6.18. The normalized spacial score (nSPS) is 20.5. The van der Waals surface area contributed by atoms with Gasteiger partial charge in [0.2, 0.25) is 5.91 Å². The van der Waals surface area contributed by atoms with Crippen molar-refractivity contribution in [3.05, 3.63) is 12.7 Å². The fourth-order valence-electron chi connectivity index (χ4n) is 1.84. The fourth-order valence-corrected chi connectivity index (χ4v) is 1.84. The third-order valence-corrected chi connectivity index (χ3v) is 2.55. The predicted octanol–water partition coefficient (Wildman–Crippen LogP) is -0.0276. The number of amides is 1. The van der Waals surface area contributed by atoms with E-state index in [0.717, 1.165) is 13.1 Å². The lowest BCUT2D eigenvalue weighted by molar-refractivity contribution is -0.121. The number of hydrogen-bond donors (Lipinski definition) is 2. The molecule has 0 aromatic heterocycles. The molecule has 1 aliphatic rings. The van der Waals surface area contributed by atoms with Crippen LogP contribution in [0.25, 0.3) is 0 Å². The number of hydrogen-bond acceptors (Lipinski definition) is 3. The average Bonchev–Trinajstić information content (AvgIpc) is 2.67. The Bertz CT molecular complexity index is 212. The SMILES string of the molecule is C=CCNC(=O)CN(C)CC1CCCN1. The smallest absolute Gasteiger partial charge is 0.234 e. The van der Waals surface area contributed by atoms with E-state index >= 15 is 0 Å². The van der Waals surface area contributed by atoms with Gasteiger partial charge in [-0.25, -0.2) is 0 Å². The summed E-state index contributed by atoms with van der Waals surface area (Å²) in [5.41, 5.74) is 0. The quantitative estimate of drug-likeness (QED) is 0.607. The van der Waals surface area contributed by atoms with Crippen LogP contribution in [0, 0.1) is 0 Å². The molecule has 1 heterocycles. The van der Waals surface area contributed by atoms with Crippen LogP contribution < -0.4 is 10.6 Å². The van der Waals surface area contributed by atoms with Crippen LogP contribution in [0.15, 0.2) is 12.7 Å². The molecule has 1 rings (SSSR count). The minimum absolute atomic E-state index is 0.0652. The Kier molecular flexibility index (Phi) is 5.36. The summed E-state index contributed by atoms with van der Waals surface area (Å²) >= 11 is 0. The summed E-state index contributed by atoms with van der Waals surface area (Å²) in [4.78, 5) is 13.4. The number of likely N-dealkylation sites (N-methyl/N-ethyl adjacent to an activating group) is 1. The number of carbonyl (C=O) groups is 1. The molecule has 0 aliphatic carbocycles. The van der Waals surface area contributed by atoms with Crippen molar-refractivity contribution in [2.75, 3.05) is 33.2 Å². The van der Waals surface area contributed by atoms with Crippen molar-refractivity contribution in [2.45, 2.75) is 18.9 Å². The lowest BCUT2D eigenvalue weighted by Crippen LogP contribution is -2.41. The molecule has 1 fully saturated rings. The Morgan fingerprint density at radius 2 is 2.53 bits per heavy atom. The van der Waals surface area contributed by atoms with Crippen LogP contribution >= 0.6 is 0 Å².